The zero-order valence-corrected chi connectivity index (χ0v) is 17.5. The van der Waals surface area contributed by atoms with Crippen molar-refractivity contribution in [1.29, 1.82) is 0 Å². The van der Waals surface area contributed by atoms with Crippen LogP contribution in [0.15, 0.2) is 54.6 Å². The van der Waals surface area contributed by atoms with Gasteiger partial charge in [0.2, 0.25) is 0 Å². The maximum absolute atomic E-state index is 12.3. The number of nitrogens with one attached hydrogen (secondary N) is 2. The zero-order valence-electron chi connectivity index (χ0n) is 17.5. The fraction of sp³-hybridized carbons (Fsp3) is 0.348. The zero-order chi connectivity index (χ0) is 22.5. The van der Waals surface area contributed by atoms with Crippen molar-refractivity contribution in [3.8, 4) is 5.75 Å². The summed E-state index contributed by atoms with van der Waals surface area (Å²) in [6, 6.07) is 15.2. The first kappa shape index (κ1) is 21.8. The van der Waals surface area contributed by atoms with Gasteiger partial charge in [-0.25, -0.2) is 4.79 Å². The number of ketones is 1. The van der Waals surface area contributed by atoms with Gasteiger partial charge in [0, 0.05) is 11.3 Å². The predicted molar refractivity (Wildman–Crippen MR) is 114 cm³/mol. The quantitative estimate of drug-likeness (QED) is 0.635. The molecule has 4 rings (SSSR count). The highest BCUT2D eigenvalue weighted by atomic mass is 16.6. The molecular formula is C23H24N2O7. The van der Waals surface area contributed by atoms with E-state index in [-0.39, 0.29) is 37.6 Å². The average molecular weight is 440 g/mol. The lowest BCUT2D eigenvalue weighted by atomic mass is 10.1. The second-order valence-corrected chi connectivity index (χ2v) is 7.57. The molecule has 168 valence electrons. The van der Waals surface area contributed by atoms with Crippen molar-refractivity contribution in [3.05, 3.63) is 60.2 Å². The fourth-order valence-electron chi connectivity index (χ4n) is 3.68. The van der Waals surface area contributed by atoms with Gasteiger partial charge in [0.25, 0.3) is 5.91 Å². The van der Waals surface area contributed by atoms with E-state index in [0.29, 0.717) is 17.0 Å². The number of fused-ring (bicyclic) bond motifs is 1. The highest BCUT2D eigenvalue weighted by Crippen LogP contribution is 2.29. The van der Waals surface area contributed by atoms with Crippen LogP contribution < -0.4 is 15.4 Å². The number of para-hydroxylation sites is 1. The van der Waals surface area contributed by atoms with Gasteiger partial charge in [-0.1, -0.05) is 18.2 Å². The SMILES string of the molecule is CC(=O)c1ccc(NC(=O)O[C@H]2CO[C@@H]3[C@@H]2OC[C@@H]3NC(=O)COc2ccccc2)cc1. The van der Waals surface area contributed by atoms with Crippen LogP contribution in [-0.4, -0.2) is 62.0 Å². The molecule has 2 aliphatic heterocycles. The topological polar surface area (TPSA) is 112 Å². The predicted octanol–water partition coefficient (Wildman–Crippen LogP) is 2.17. The van der Waals surface area contributed by atoms with Gasteiger partial charge in [-0.2, -0.15) is 0 Å². The van der Waals surface area contributed by atoms with Crippen LogP contribution in [0.1, 0.15) is 17.3 Å². The van der Waals surface area contributed by atoms with Crippen LogP contribution in [0.25, 0.3) is 0 Å². The number of hydrogen-bond donors (Lipinski definition) is 2. The maximum Gasteiger partial charge on any atom is 0.412 e. The molecule has 0 bridgehead atoms. The summed E-state index contributed by atoms with van der Waals surface area (Å²) in [5.41, 5.74) is 1.06. The van der Waals surface area contributed by atoms with Crippen LogP contribution in [0.4, 0.5) is 10.5 Å². The number of carbonyl (C=O) groups is 3. The molecule has 0 unspecified atom stereocenters. The van der Waals surface area contributed by atoms with E-state index in [1.165, 1.54) is 6.92 Å². The van der Waals surface area contributed by atoms with Gasteiger partial charge in [-0.05, 0) is 43.3 Å². The minimum absolute atomic E-state index is 0.0556. The summed E-state index contributed by atoms with van der Waals surface area (Å²) < 4.78 is 22.4. The van der Waals surface area contributed by atoms with E-state index in [0.717, 1.165) is 0 Å². The van der Waals surface area contributed by atoms with Crippen LogP contribution in [0.5, 0.6) is 5.75 Å². The summed E-state index contributed by atoms with van der Waals surface area (Å²) in [5, 5.41) is 5.47. The molecule has 2 heterocycles. The smallest absolute Gasteiger partial charge is 0.412 e. The Labute approximate surface area is 185 Å². The minimum Gasteiger partial charge on any atom is -0.484 e. The summed E-state index contributed by atoms with van der Waals surface area (Å²) >= 11 is 0. The van der Waals surface area contributed by atoms with Crippen LogP contribution in [-0.2, 0) is 19.0 Å². The minimum atomic E-state index is -0.651. The number of anilines is 1. The number of carbonyl (C=O) groups excluding carboxylic acids is 3. The van der Waals surface area contributed by atoms with Gasteiger partial charge in [0.15, 0.2) is 18.5 Å². The second-order valence-electron chi connectivity index (χ2n) is 7.57. The van der Waals surface area contributed by atoms with Crippen molar-refractivity contribution in [2.75, 3.05) is 25.1 Å². The molecular weight excluding hydrogens is 416 g/mol. The molecule has 2 saturated heterocycles. The summed E-state index contributed by atoms with van der Waals surface area (Å²) in [5.74, 6) is 0.262. The number of Topliss-reactive ketones (excluding diaryl/α,β-unsaturated/α-hetero) is 1. The lowest BCUT2D eigenvalue weighted by Gasteiger charge is -2.18. The molecule has 0 radical (unpaired) electrons. The van der Waals surface area contributed by atoms with Crippen molar-refractivity contribution in [2.24, 2.45) is 0 Å². The third-order valence-corrected chi connectivity index (χ3v) is 5.26. The molecule has 2 aliphatic rings. The maximum atomic E-state index is 12.3. The molecule has 2 fully saturated rings. The van der Waals surface area contributed by atoms with Crippen molar-refractivity contribution < 1.29 is 33.3 Å². The Morgan fingerprint density at radius 2 is 1.69 bits per heavy atom. The van der Waals surface area contributed by atoms with Crippen molar-refractivity contribution in [2.45, 2.75) is 31.3 Å². The van der Waals surface area contributed by atoms with E-state index in [1.807, 2.05) is 18.2 Å². The van der Waals surface area contributed by atoms with E-state index in [2.05, 4.69) is 10.6 Å². The average Bonchev–Trinajstić information content (AvgIpc) is 3.37. The molecule has 0 saturated carbocycles. The number of amides is 2. The molecule has 0 aromatic heterocycles. The first-order valence-electron chi connectivity index (χ1n) is 10.3. The standard InChI is InChI=1S/C23H24N2O7/c1-14(26)15-7-9-16(10-8-15)24-23(28)32-19-12-31-21-18(11-30-22(19)21)25-20(27)13-29-17-5-3-2-4-6-17/h2-10,18-19,21-22H,11-13H2,1H3,(H,24,28)(H,25,27)/t18-,19-,21-,22+/m0/s1. The summed E-state index contributed by atoms with van der Waals surface area (Å²) in [4.78, 5) is 35.8. The molecule has 0 spiro atoms. The molecule has 9 nitrogen and oxygen atoms in total. The Kier molecular flexibility index (Phi) is 6.67. The Balaban J connectivity index is 1.24. The monoisotopic (exact) mass is 440 g/mol. The molecule has 2 amide bonds. The summed E-state index contributed by atoms with van der Waals surface area (Å²) in [6.07, 6.45) is -2.13. The van der Waals surface area contributed by atoms with Crippen LogP contribution >= 0.6 is 0 Å². The van der Waals surface area contributed by atoms with Gasteiger partial charge < -0.3 is 24.3 Å². The Morgan fingerprint density at radius 1 is 0.969 bits per heavy atom. The number of rotatable bonds is 7. The third kappa shape index (κ3) is 5.24. The van der Waals surface area contributed by atoms with Gasteiger partial charge in [-0.15, -0.1) is 0 Å². The lowest BCUT2D eigenvalue weighted by Crippen LogP contribution is -2.46. The Morgan fingerprint density at radius 3 is 2.41 bits per heavy atom. The van der Waals surface area contributed by atoms with Gasteiger partial charge in [-0.3, -0.25) is 14.9 Å². The Hall–Kier alpha value is -3.43. The summed E-state index contributed by atoms with van der Waals surface area (Å²) in [7, 11) is 0. The van der Waals surface area contributed by atoms with E-state index < -0.39 is 24.4 Å². The van der Waals surface area contributed by atoms with Crippen molar-refractivity contribution in [1.82, 2.24) is 5.32 Å². The van der Waals surface area contributed by atoms with E-state index in [9.17, 15) is 14.4 Å². The molecule has 2 aromatic carbocycles. The first-order valence-corrected chi connectivity index (χ1v) is 10.3. The fourth-order valence-corrected chi connectivity index (χ4v) is 3.68. The lowest BCUT2D eigenvalue weighted by molar-refractivity contribution is -0.124. The summed E-state index contributed by atoms with van der Waals surface area (Å²) in [6.45, 7) is 1.77. The van der Waals surface area contributed by atoms with Crippen molar-refractivity contribution >= 4 is 23.5 Å². The third-order valence-electron chi connectivity index (χ3n) is 5.26. The molecule has 2 aromatic rings. The van der Waals surface area contributed by atoms with Crippen molar-refractivity contribution in [3.63, 3.8) is 0 Å². The first-order chi connectivity index (χ1) is 15.5. The Bertz CT molecular complexity index is 964. The van der Waals surface area contributed by atoms with Gasteiger partial charge >= 0.3 is 6.09 Å². The highest BCUT2D eigenvalue weighted by Gasteiger charge is 2.50. The van der Waals surface area contributed by atoms with E-state index >= 15 is 0 Å². The van der Waals surface area contributed by atoms with Crippen LogP contribution in [0, 0.1) is 0 Å². The van der Waals surface area contributed by atoms with E-state index in [1.54, 1.807) is 36.4 Å². The number of hydrogen-bond acceptors (Lipinski definition) is 7. The van der Waals surface area contributed by atoms with Gasteiger partial charge in [0.05, 0.1) is 19.3 Å². The molecule has 2 N–H and O–H groups in total. The molecule has 0 aliphatic carbocycles. The second kappa shape index (κ2) is 9.80. The highest BCUT2D eigenvalue weighted by molar-refractivity contribution is 5.95. The van der Waals surface area contributed by atoms with E-state index in [4.69, 9.17) is 18.9 Å². The largest absolute Gasteiger partial charge is 0.484 e. The molecule has 9 heteroatoms. The number of benzene rings is 2. The van der Waals surface area contributed by atoms with Crippen LogP contribution in [0.3, 0.4) is 0 Å². The number of ether oxygens (including phenoxy) is 4. The normalized spacial score (nSPS) is 23.8. The van der Waals surface area contributed by atoms with Crippen LogP contribution in [0.2, 0.25) is 0 Å². The molecule has 4 atom stereocenters. The molecule has 32 heavy (non-hydrogen) atoms. The van der Waals surface area contributed by atoms with Gasteiger partial charge in [0.1, 0.15) is 18.0 Å².